The summed E-state index contributed by atoms with van der Waals surface area (Å²) in [6.07, 6.45) is 2.12. The third kappa shape index (κ3) is 5.15. The van der Waals surface area contributed by atoms with Crippen LogP contribution in [-0.4, -0.2) is 39.1 Å². The van der Waals surface area contributed by atoms with Gasteiger partial charge in [0.15, 0.2) is 8.32 Å². The number of benzene rings is 1. The van der Waals surface area contributed by atoms with Crippen LogP contribution in [0.25, 0.3) is 5.57 Å². The molecule has 1 amide bonds. The van der Waals surface area contributed by atoms with E-state index in [0.717, 1.165) is 11.1 Å². The lowest BCUT2D eigenvalue weighted by Crippen LogP contribution is -2.41. The van der Waals surface area contributed by atoms with Gasteiger partial charge in [0, 0.05) is 12.8 Å². The molecule has 0 aliphatic carbocycles. The minimum Gasteiger partial charge on any atom is -0.447 e. The molecular weight excluding hydrogens is 337 g/mol. The van der Waals surface area contributed by atoms with Crippen molar-refractivity contribution in [2.45, 2.75) is 45.3 Å². The Kier molecular flexibility index (Phi) is 6.06. The minimum atomic E-state index is -1.83. The molecule has 1 fully saturated rings. The third-order valence-electron chi connectivity index (χ3n) is 4.96. The number of nitrogens with zero attached hydrogens (tertiary/aromatic N) is 1. The fourth-order valence-corrected chi connectivity index (χ4v) is 3.34. The van der Waals surface area contributed by atoms with Crippen molar-refractivity contribution in [2.24, 2.45) is 0 Å². The van der Waals surface area contributed by atoms with Crippen LogP contribution in [0.1, 0.15) is 32.8 Å². The smallest absolute Gasteiger partial charge is 0.413 e. The first kappa shape index (κ1) is 19.7. The van der Waals surface area contributed by atoms with Gasteiger partial charge in [-0.25, -0.2) is 9.18 Å². The van der Waals surface area contributed by atoms with Crippen LogP contribution in [0.15, 0.2) is 30.5 Å². The number of halogens is 1. The van der Waals surface area contributed by atoms with Gasteiger partial charge < -0.3 is 9.16 Å². The molecule has 1 aliphatic heterocycles. The number of hydrogen-bond acceptors (Lipinski definition) is 3. The molecule has 1 saturated heterocycles. The molecule has 1 aliphatic rings. The van der Waals surface area contributed by atoms with Gasteiger partial charge in [-0.1, -0.05) is 32.9 Å². The van der Waals surface area contributed by atoms with Gasteiger partial charge in [-0.2, -0.15) is 0 Å². The fourth-order valence-electron chi connectivity index (χ4n) is 2.29. The lowest BCUT2D eigenvalue weighted by atomic mass is 10.0. The first-order chi connectivity index (χ1) is 11.6. The van der Waals surface area contributed by atoms with E-state index < -0.39 is 8.32 Å². The maximum atomic E-state index is 13.2. The summed E-state index contributed by atoms with van der Waals surface area (Å²) in [5.74, 6) is -0.277. The molecule has 4 nitrogen and oxygen atoms in total. The summed E-state index contributed by atoms with van der Waals surface area (Å²) in [7, 11) is -1.83. The molecule has 25 heavy (non-hydrogen) atoms. The normalized spacial score (nSPS) is 16.3. The van der Waals surface area contributed by atoms with Crippen molar-refractivity contribution in [1.29, 1.82) is 0 Å². The molecule has 0 saturated carbocycles. The van der Waals surface area contributed by atoms with Crippen molar-refractivity contribution in [2.75, 3.05) is 19.8 Å². The molecule has 0 atom stereocenters. The summed E-state index contributed by atoms with van der Waals surface area (Å²) in [6, 6.07) is 6.32. The van der Waals surface area contributed by atoms with Crippen LogP contribution in [-0.2, 0) is 9.16 Å². The fraction of sp³-hybridized carbons (Fsp3) is 0.526. The van der Waals surface area contributed by atoms with Crippen LogP contribution in [0.3, 0.4) is 0 Å². The summed E-state index contributed by atoms with van der Waals surface area (Å²) in [6.45, 7) is 12.5. The van der Waals surface area contributed by atoms with Gasteiger partial charge in [-0.3, -0.25) is 4.90 Å². The highest BCUT2D eigenvalue weighted by Gasteiger charge is 2.37. The highest BCUT2D eigenvalue weighted by Crippen LogP contribution is 2.37. The molecule has 0 N–H and O–H groups in total. The topological polar surface area (TPSA) is 38.8 Å². The molecule has 0 unspecified atom stereocenters. The molecule has 0 spiro atoms. The first-order valence-corrected chi connectivity index (χ1v) is 11.5. The number of carbonyl (C=O) groups is 1. The maximum Gasteiger partial charge on any atom is 0.413 e. The van der Waals surface area contributed by atoms with E-state index in [0.29, 0.717) is 26.2 Å². The molecule has 1 aromatic rings. The second kappa shape index (κ2) is 7.70. The van der Waals surface area contributed by atoms with E-state index >= 15 is 0 Å². The second-order valence-electron chi connectivity index (χ2n) is 7.83. The van der Waals surface area contributed by atoms with Crippen molar-refractivity contribution in [3.8, 4) is 0 Å². The summed E-state index contributed by atoms with van der Waals surface area (Å²) in [5, 5.41) is 0.144. The molecular formula is C19H28FNO3Si. The zero-order valence-electron chi connectivity index (χ0n) is 15.8. The number of rotatable bonds is 6. The highest BCUT2D eigenvalue weighted by molar-refractivity contribution is 6.74. The largest absolute Gasteiger partial charge is 0.447 e. The Morgan fingerprint density at radius 1 is 1.32 bits per heavy atom. The number of cyclic esters (lactones) is 1. The molecule has 0 bridgehead atoms. The Balaban J connectivity index is 2.14. The Labute approximate surface area is 150 Å². The van der Waals surface area contributed by atoms with E-state index in [-0.39, 0.29) is 16.9 Å². The van der Waals surface area contributed by atoms with E-state index in [1.807, 2.05) is 0 Å². The standard InChI is InChI=1S/C19H28FNO3Si/c1-19(2,3)25(4,5)24-12-10-16(14-21-11-13-23-18(21)22)15-6-8-17(20)9-7-15/h6-9,14H,10-13H2,1-5H3/b16-14-. The van der Waals surface area contributed by atoms with Crippen molar-refractivity contribution < 1.29 is 18.3 Å². The summed E-state index contributed by atoms with van der Waals surface area (Å²) < 4.78 is 24.5. The second-order valence-corrected chi connectivity index (χ2v) is 12.6. The molecule has 138 valence electrons. The van der Waals surface area contributed by atoms with E-state index in [9.17, 15) is 9.18 Å². The van der Waals surface area contributed by atoms with Crippen LogP contribution in [0.2, 0.25) is 18.1 Å². The lowest BCUT2D eigenvalue weighted by Gasteiger charge is -2.36. The van der Waals surface area contributed by atoms with Crippen LogP contribution in [0.5, 0.6) is 0 Å². The van der Waals surface area contributed by atoms with Gasteiger partial charge >= 0.3 is 6.09 Å². The van der Waals surface area contributed by atoms with Gasteiger partial charge in [-0.05, 0) is 47.8 Å². The van der Waals surface area contributed by atoms with Gasteiger partial charge in [-0.15, -0.1) is 0 Å². The Morgan fingerprint density at radius 2 is 1.96 bits per heavy atom. The van der Waals surface area contributed by atoms with Gasteiger partial charge in [0.05, 0.1) is 6.54 Å². The average molecular weight is 366 g/mol. The third-order valence-corrected chi connectivity index (χ3v) is 9.50. The van der Waals surface area contributed by atoms with Crippen molar-refractivity contribution in [1.82, 2.24) is 4.90 Å². The van der Waals surface area contributed by atoms with E-state index in [4.69, 9.17) is 9.16 Å². The Bertz CT molecular complexity index is 635. The van der Waals surface area contributed by atoms with Crippen LogP contribution in [0, 0.1) is 5.82 Å². The van der Waals surface area contributed by atoms with Gasteiger partial charge in [0.1, 0.15) is 12.4 Å². The molecule has 0 aromatic heterocycles. The molecule has 0 radical (unpaired) electrons. The van der Waals surface area contributed by atoms with Crippen LogP contribution < -0.4 is 0 Å². The quantitative estimate of drug-likeness (QED) is 0.664. The highest BCUT2D eigenvalue weighted by atomic mass is 28.4. The minimum absolute atomic E-state index is 0.144. The predicted octanol–water partition coefficient (Wildman–Crippen LogP) is 5.03. The van der Waals surface area contributed by atoms with Gasteiger partial charge in [0.2, 0.25) is 0 Å². The Hall–Kier alpha value is -1.66. The number of hydrogen-bond donors (Lipinski definition) is 0. The number of ether oxygens (including phenoxy) is 1. The van der Waals surface area contributed by atoms with Crippen molar-refractivity contribution in [3.63, 3.8) is 0 Å². The van der Waals surface area contributed by atoms with E-state index in [2.05, 4.69) is 33.9 Å². The molecule has 6 heteroatoms. The zero-order chi connectivity index (χ0) is 18.7. The monoisotopic (exact) mass is 365 g/mol. The Morgan fingerprint density at radius 3 is 2.48 bits per heavy atom. The molecule has 1 aromatic carbocycles. The zero-order valence-corrected chi connectivity index (χ0v) is 16.8. The molecule has 1 heterocycles. The van der Waals surface area contributed by atoms with Gasteiger partial charge in [0.25, 0.3) is 0 Å². The predicted molar refractivity (Wildman–Crippen MR) is 100 cm³/mol. The van der Waals surface area contributed by atoms with E-state index in [1.165, 1.54) is 12.1 Å². The van der Waals surface area contributed by atoms with Crippen molar-refractivity contribution in [3.05, 3.63) is 41.8 Å². The summed E-state index contributed by atoms with van der Waals surface area (Å²) in [4.78, 5) is 13.3. The average Bonchev–Trinajstić information content (AvgIpc) is 2.91. The first-order valence-electron chi connectivity index (χ1n) is 8.64. The van der Waals surface area contributed by atoms with Crippen molar-refractivity contribution >= 4 is 20.0 Å². The maximum absolute atomic E-state index is 13.2. The summed E-state index contributed by atoms with van der Waals surface area (Å²) in [5.41, 5.74) is 1.83. The number of carbonyl (C=O) groups excluding carboxylic acids is 1. The lowest BCUT2D eigenvalue weighted by molar-refractivity contribution is 0.166. The van der Waals surface area contributed by atoms with E-state index in [1.54, 1.807) is 23.2 Å². The molecule has 2 rings (SSSR count). The van der Waals surface area contributed by atoms with Crippen LogP contribution >= 0.6 is 0 Å². The SMILES string of the molecule is CC(C)(C)[Si](C)(C)OCC/C(=C/N1CCOC1=O)c1ccc(F)cc1. The summed E-state index contributed by atoms with van der Waals surface area (Å²) >= 11 is 0. The van der Waals surface area contributed by atoms with Crippen LogP contribution in [0.4, 0.5) is 9.18 Å². The number of amides is 1.